The van der Waals surface area contributed by atoms with Crippen molar-refractivity contribution in [2.75, 3.05) is 38.0 Å². The molecule has 0 saturated carbocycles. The van der Waals surface area contributed by atoms with Crippen LogP contribution in [0.4, 0.5) is 5.82 Å². The number of halogens is 1. The summed E-state index contributed by atoms with van der Waals surface area (Å²) in [6, 6.07) is 17.3. The summed E-state index contributed by atoms with van der Waals surface area (Å²) in [6.45, 7) is 5.28. The van der Waals surface area contributed by atoms with Crippen LogP contribution in [0.2, 0.25) is 5.02 Å². The molecule has 2 aromatic carbocycles. The van der Waals surface area contributed by atoms with E-state index in [0.717, 1.165) is 73.6 Å². The van der Waals surface area contributed by atoms with Crippen LogP contribution >= 0.6 is 11.6 Å². The van der Waals surface area contributed by atoms with Crippen molar-refractivity contribution in [1.29, 1.82) is 0 Å². The zero-order chi connectivity index (χ0) is 23.5. The summed E-state index contributed by atoms with van der Waals surface area (Å²) in [5, 5.41) is 5.13. The Hall–Kier alpha value is -2.19. The summed E-state index contributed by atoms with van der Waals surface area (Å²) >= 11 is 5.99. The van der Waals surface area contributed by atoms with Crippen molar-refractivity contribution in [3.05, 3.63) is 65.2 Å². The summed E-state index contributed by atoms with van der Waals surface area (Å²) in [5.74, 6) is 1.46. The molecule has 0 atom stereocenters. The minimum absolute atomic E-state index is 0.356. The molecule has 3 aromatic rings. The fourth-order valence-corrected chi connectivity index (χ4v) is 6.56. The molecule has 0 bridgehead atoms. The minimum atomic E-state index is -3.41. The molecule has 180 valence electrons. The molecule has 2 saturated heterocycles. The van der Waals surface area contributed by atoms with Crippen molar-refractivity contribution in [1.82, 2.24) is 14.2 Å². The Morgan fingerprint density at radius 2 is 1.68 bits per heavy atom. The van der Waals surface area contributed by atoms with Gasteiger partial charge in [-0.1, -0.05) is 23.7 Å². The number of nitrogens with zero attached hydrogens (tertiary/aromatic N) is 3. The number of nitrogens with one attached hydrogen (secondary N) is 1. The number of anilines is 1. The van der Waals surface area contributed by atoms with Gasteiger partial charge in [-0.15, -0.1) is 0 Å². The molecule has 2 aliphatic heterocycles. The lowest BCUT2D eigenvalue weighted by molar-refractivity contribution is 0.182. The fraction of sp³-hybridized carbons (Fsp3) is 0.423. The number of aromatic nitrogens is 1. The molecule has 0 radical (unpaired) electrons. The zero-order valence-corrected chi connectivity index (χ0v) is 20.9. The van der Waals surface area contributed by atoms with Crippen LogP contribution in [0.25, 0.3) is 10.9 Å². The Bertz CT molecular complexity index is 1240. The number of pyridine rings is 1. The van der Waals surface area contributed by atoms with E-state index in [4.69, 9.17) is 16.6 Å². The summed E-state index contributed by atoms with van der Waals surface area (Å²) in [5.41, 5.74) is 2.11. The van der Waals surface area contributed by atoms with E-state index in [-0.39, 0.29) is 0 Å². The van der Waals surface area contributed by atoms with Crippen molar-refractivity contribution in [3.63, 3.8) is 0 Å². The maximum absolute atomic E-state index is 12.8. The van der Waals surface area contributed by atoms with Crippen LogP contribution in [0.5, 0.6) is 0 Å². The first-order chi connectivity index (χ1) is 16.5. The van der Waals surface area contributed by atoms with Crippen LogP contribution in [0.1, 0.15) is 31.2 Å². The quantitative estimate of drug-likeness (QED) is 0.496. The minimum Gasteiger partial charge on any atom is -0.370 e. The summed E-state index contributed by atoms with van der Waals surface area (Å²) in [7, 11) is -3.41. The first kappa shape index (κ1) is 23.5. The first-order valence-electron chi connectivity index (χ1n) is 12.1. The summed E-state index contributed by atoms with van der Waals surface area (Å²) < 4.78 is 27.3. The highest BCUT2D eigenvalue weighted by Gasteiger charge is 2.27. The highest BCUT2D eigenvalue weighted by molar-refractivity contribution is 7.89. The van der Waals surface area contributed by atoms with E-state index in [9.17, 15) is 8.42 Å². The molecule has 5 rings (SSSR count). The van der Waals surface area contributed by atoms with Crippen LogP contribution in [-0.4, -0.2) is 55.3 Å². The highest BCUT2D eigenvalue weighted by atomic mass is 35.5. The smallest absolute Gasteiger partial charge is 0.243 e. The van der Waals surface area contributed by atoms with Gasteiger partial charge in [-0.3, -0.25) is 4.90 Å². The van der Waals surface area contributed by atoms with E-state index < -0.39 is 10.0 Å². The van der Waals surface area contributed by atoms with Crippen molar-refractivity contribution in [2.45, 2.75) is 37.1 Å². The second kappa shape index (κ2) is 10.2. The SMILES string of the molecule is O=S(=O)(c1ccc2nc(NCC3CCN(Cc4ccc(Cl)cc4)CC3)ccc2c1)N1CCCC1. The van der Waals surface area contributed by atoms with Gasteiger partial charge in [0.05, 0.1) is 10.4 Å². The van der Waals surface area contributed by atoms with Gasteiger partial charge in [0.2, 0.25) is 10.0 Å². The van der Waals surface area contributed by atoms with Crippen LogP contribution in [0, 0.1) is 5.92 Å². The van der Waals surface area contributed by atoms with Gasteiger partial charge in [0.15, 0.2) is 0 Å². The predicted octanol–water partition coefficient (Wildman–Crippen LogP) is 5.00. The Kier molecular flexibility index (Phi) is 7.06. The van der Waals surface area contributed by atoms with Gasteiger partial charge >= 0.3 is 0 Å². The van der Waals surface area contributed by atoms with Crippen LogP contribution in [0.15, 0.2) is 59.5 Å². The van der Waals surface area contributed by atoms with Crippen LogP contribution in [-0.2, 0) is 16.6 Å². The van der Waals surface area contributed by atoms with E-state index in [0.29, 0.717) is 23.9 Å². The lowest BCUT2D eigenvalue weighted by atomic mass is 9.96. The maximum Gasteiger partial charge on any atom is 0.243 e. The third-order valence-corrected chi connectivity index (χ3v) is 9.11. The molecule has 34 heavy (non-hydrogen) atoms. The van der Waals surface area contributed by atoms with Gasteiger partial charge in [0, 0.05) is 36.6 Å². The summed E-state index contributed by atoms with van der Waals surface area (Å²) in [6.07, 6.45) is 4.19. The number of hydrogen-bond acceptors (Lipinski definition) is 5. The van der Waals surface area contributed by atoms with E-state index in [1.54, 1.807) is 16.4 Å². The molecule has 2 fully saturated rings. The number of benzene rings is 2. The Morgan fingerprint density at radius 1 is 0.941 bits per heavy atom. The molecule has 0 amide bonds. The van der Waals surface area contributed by atoms with Gasteiger partial charge in [-0.25, -0.2) is 13.4 Å². The van der Waals surface area contributed by atoms with Crippen molar-refractivity contribution >= 4 is 38.3 Å². The number of hydrogen-bond donors (Lipinski definition) is 1. The molecule has 1 N–H and O–H groups in total. The fourth-order valence-electron chi connectivity index (χ4n) is 4.89. The van der Waals surface area contributed by atoms with Gasteiger partial charge in [-0.2, -0.15) is 4.31 Å². The molecule has 0 spiro atoms. The second-order valence-electron chi connectivity index (χ2n) is 9.39. The lowest BCUT2D eigenvalue weighted by Gasteiger charge is -2.32. The number of rotatable bonds is 7. The molecule has 3 heterocycles. The molecule has 0 unspecified atom stereocenters. The van der Waals surface area contributed by atoms with Crippen LogP contribution in [0.3, 0.4) is 0 Å². The highest BCUT2D eigenvalue weighted by Crippen LogP contribution is 2.25. The van der Waals surface area contributed by atoms with Crippen molar-refractivity contribution in [2.24, 2.45) is 5.92 Å². The number of piperidine rings is 1. The van der Waals surface area contributed by atoms with E-state index in [2.05, 4.69) is 22.3 Å². The normalized spacial score (nSPS) is 18.5. The standard InChI is InChI=1S/C26H31ClN4O2S/c27-23-6-3-21(4-7-23)19-30-15-11-20(12-16-30)18-28-26-10-5-22-17-24(8-9-25(22)29-26)34(32,33)31-13-1-2-14-31/h3-10,17,20H,1-2,11-16,18-19H2,(H,28,29). The monoisotopic (exact) mass is 498 g/mol. The Morgan fingerprint density at radius 3 is 2.41 bits per heavy atom. The van der Waals surface area contributed by atoms with E-state index in [1.165, 1.54) is 5.56 Å². The first-order valence-corrected chi connectivity index (χ1v) is 13.9. The van der Waals surface area contributed by atoms with Gasteiger partial charge in [0.25, 0.3) is 0 Å². The average molecular weight is 499 g/mol. The maximum atomic E-state index is 12.8. The lowest BCUT2D eigenvalue weighted by Crippen LogP contribution is -2.35. The number of likely N-dealkylation sites (tertiary alicyclic amines) is 1. The zero-order valence-electron chi connectivity index (χ0n) is 19.3. The summed E-state index contributed by atoms with van der Waals surface area (Å²) in [4.78, 5) is 7.58. The average Bonchev–Trinajstić information content (AvgIpc) is 3.41. The van der Waals surface area contributed by atoms with E-state index >= 15 is 0 Å². The van der Waals surface area contributed by atoms with E-state index in [1.807, 2.05) is 30.3 Å². The van der Waals surface area contributed by atoms with Crippen LogP contribution < -0.4 is 5.32 Å². The molecule has 6 nitrogen and oxygen atoms in total. The third-order valence-electron chi connectivity index (χ3n) is 6.96. The second-order valence-corrected chi connectivity index (χ2v) is 11.8. The number of sulfonamides is 1. The molecule has 8 heteroatoms. The third kappa shape index (κ3) is 5.38. The van der Waals surface area contributed by atoms with Gasteiger partial charge in [0.1, 0.15) is 5.82 Å². The molecular weight excluding hydrogens is 468 g/mol. The molecule has 1 aromatic heterocycles. The number of fused-ring (bicyclic) bond motifs is 1. The van der Waals surface area contributed by atoms with Crippen molar-refractivity contribution < 1.29 is 8.42 Å². The Balaban J connectivity index is 1.15. The van der Waals surface area contributed by atoms with Crippen molar-refractivity contribution in [3.8, 4) is 0 Å². The Labute approximate surface area is 207 Å². The van der Waals surface area contributed by atoms with Gasteiger partial charge in [-0.05, 0) is 92.7 Å². The predicted molar refractivity (Wildman–Crippen MR) is 138 cm³/mol. The molecule has 0 aliphatic carbocycles. The molecule has 2 aliphatic rings. The molecular formula is C26H31ClN4O2S. The largest absolute Gasteiger partial charge is 0.370 e. The topological polar surface area (TPSA) is 65.5 Å². The van der Waals surface area contributed by atoms with Gasteiger partial charge < -0.3 is 5.32 Å².